The van der Waals surface area contributed by atoms with Crippen LogP contribution in [0.15, 0.2) is 66.9 Å². The third-order valence-electron chi connectivity index (χ3n) is 4.45. The number of pyridine rings is 1. The smallest absolute Gasteiger partial charge is 0.320 e. The molecule has 0 radical (unpaired) electrons. The van der Waals surface area contributed by atoms with Gasteiger partial charge < -0.3 is 5.32 Å². The lowest BCUT2D eigenvalue weighted by molar-refractivity contribution is 0.249. The highest BCUT2D eigenvalue weighted by Gasteiger charge is 2.12. The van der Waals surface area contributed by atoms with Gasteiger partial charge in [-0.25, -0.2) is 14.2 Å². The van der Waals surface area contributed by atoms with E-state index in [9.17, 15) is 9.18 Å². The van der Waals surface area contributed by atoms with Gasteiger partial charge >= 0.3 is 6.03 Å². The number of nitrogens with zero attached hydrogens (tertiary/aromatic N) is 2. The molecule has 1 unspecified atom stereocenters. The van der Waals surface area contributed by atoms with Gasteiger partial charge in [0.2, 0.25) is 0 Å². The van der Waals surface area contributed by atoms with Crippen molar-refractivity contribution in [3.63, 3.8) is 0 Å². The maximum absolute atomic E-state index is 13.1. The minimum atomic E-state index is -0.346. The van der Waals surface area contributed by atoms with Crippen LogP contribution < -0.4 is 10.6 Å². The number of anilines is 1. The second-order valence-electron chi connectivity index (χ2n) is 6.43. The molecule has 0 bridgehead atoms. The first kappa shape index (κ1) is 17.7. The van der Waals surface area contributed by atoms with Crippen LogP contribution in [0.25, 0.3) is 22.2 Å². The molecule has 2 amide bonds. The lowest BCUT2D eigenvalue weighted by atomic mass is 10.1. The summed E-state index contributed by atoms with van der Waals surface area (Å²) in [6.45, 7) is 1.91. The summed E-state index contributed by atoms with van der Waals surface area (Å²) < 4.78 is 13.1. The first-order valence-corrected chi connectivity index (χ1v) is 8.82. The highest BCUT2D eigenvalue weighted by atomic mass is 19.1. The standard InChI is InChI=1S/C21H18FN5O/c1-13(14-5-3-2-4-6-14)24-21(28)25-19-11-18-17(12-23-19)20(27-26-18)15-7-9-16(22)10-8-15/h2-13H,1H3,(H,26,27)(H2,23,24,25,28). The van der Waals surface area contributed by atoms with Gasteiger partial charge in [0, 0.05) is 23.2 Å². The number of rotatable bonds is 4. The number of amides is 2. The number of aromatic nitrogens is 3. The quantitative estimate of drug-likeness (QED) is 0.486. The fraction of sp³-hybridized carbons (Fsp3) is 0.0952. The number of urea groups is 1. The normalized spacial score (nSPS) is 11.9. The second kappa shape index (κ2) is 7.48. The van der Waals surface area contributed by atoms with E-state index in [0.29, 0.717) is 11.5 Å². The van der Waals surface area contributed by atoms with Crippen molar-refractivity contribution in [3.8, 4) is 11.3 Å². The largest absolute Gasteiger partial charge is 0.331 e. The minimum Gasteiger partial charge on any atom is -0.331 e. The number of carbonyl (C=O) groups is 1. The number of hydrogen-bond donors (Lipinski definition) is 3. The molecule has 0 fully saturated rings. The van der Waals surface area contributed by atoms with Crippen LogP contribution in [0.1, 0.15) is 18.5 Å². The van der Waals surface area contributed by atoms with E-state index in [1.807, 2.05) is 37.3 Å². The molecule has 0 aliphatic rings. The molecule has 140 valence electrons. The molecule has 2 aromatic carbocycles. The average Bonchev–Trinajstić information content (AvgIpc) is 3.12. The number of carbonyl (C=O) groups excluding carboxylic acids is 1. The van der Waals surface area contributed by atoms with Crippen LogP contribution in [0.2, 0.25) is 0 Å². The maximum Gasteiger partial charge on any atom is 0.320 e. The van der Waals surface area contributed by atoms with Crippen molar-refractivity contribution in [2.45, 2.75) is 13.0 Å². The van der Waals surface area contributed by atoms with E-state index in [0.717, 1.165) is 22.0 Å². The molecule has 2 heterocycles. The zero-order valence-electron chi connectivity index (χ0n) is 15.1. The van der Waals surface area contributed by atoms with Gasteiger partial charge in [-0.3, -0.25) is 10.4 Å². The Bertz CT molecular complexity index is 1110. The molecule has 2 aromatic heterocycles. The molecule has 0 spiro atoms. The Balaban J connectivity index is 1.49. The van der Waals surface area contributed by atoms with Crippen LogP contribution in [0, 0.1) is 5.82 Å². The molecule has 7 heteroatoms. The number of nitrogens with one attached hydrogen (secondary N) is 3. The second-order valence-corrected chi connectivity index (χ2v) is 6.43. The summed E-state index contributed by atoms with van der Waals surface area (Å²) in [5.41, 5.74) is 3.19. The zero-order valence-corrected chi connectivity index (χ0v) is 15.1. The van der Waals surface area contributed by atoms with Gasteiger partial charge in [0.1, 0.15) is 17.3 Å². The van der Waals surface area contributed by atoms with Crippen molar-refractivity contribution in [2.24, 2.45) is 0 Å². The van der Waals surface area contributed by atoms with E-state index in [1.54, 1.807) is 24.4 Å². The summed E-state index contributed by atoms with van der Waals surface area (Å²) in [4.78, 5) is 16.6. The molecular formula is C21H18FN5O. The summed E-state index contributed by atoms with van der Waals surface area (Å²) in [5.74, 6) is 0.100. The third-order valence-corrected chi connectivity index (χ3v) is 4.45. The summed E-state index contributed by atoms with van der Waals surface area (Å²) in [5, 5.41) is 13.6. The maximum atomic E-state index is 13.1. The molecule has 1 atom stereocenters. The molecular weight excluding hydrogens is 357 g/mol. The Kier molecular flexibility index (Phi) is 4.72. The van der Waals surface area contributed by atoms with E-state index in [1.165, 1.54) is 12.1 Å². The summed E-state index contributed by atoms with van der Waals surface area (Å²) in [7, 11) is 0. The predicted octanol–water partition coefficient (Wildman–Crippen LogP) is 4.65. The minimum absolute atomic E-state index is 0.137. The van der Waals surface area contributed by atoms with Crippen LogP contribution >= 0.6 is 0 Å². The Morgan fingerprint density at radius 1 is 1.11 bits per heavy atom. The summed E-state index contributed by atoms with van der Waals surface area (Å²) in [6.07, 6.45) is 1.63. The van der Waals surface area contributed by atoms with E-state index >= 15 is 0 Å². The number of H-pyrrole nitrogens is 1. The Morgan fingerprint density at radius 3 is 2.61 bits per heavy atom. The van der Waals surface area contributed by atoms with Crippen LogP contribution in [-0.2, 0) is 0 Å². The summed E-state index contributed by atoms with van der Waals surface area (Å²) in [6, 6.07) is 17.0. The molecule has 0 saturated carbocycles. The molecule has 28 heavy (non-hydrogen) atoms. The first-order chi connectivity index (χ1) is 13.6. The van der Waals surface area contributed by atoms with E-state index in [-0.39, 0.29) is 17.9 Å². The van der Waals surface area contributed by atoms with Crippen molar-refractivity contribution in [3.05, 3.63) is 78.2 Å². The Morgan fingerprint density at radius 2 is 1.86 bits per heavy atom. The molecule has 0 saturated heterocycles. The monoisotopic (exact) mass is 375 g/mol. The van der Waals surface area contributed by atoms with Crippen LogP contribution in [0.3, 0.4) is 0 Å². The van der Waals surface area contributed by atoms with E-state index in [4.69, 9.17) is 0 Å². The number of halogens is 1. The molecule has 4 rings (SSSR count). The van der Waals surface area contributed by atoms with Gasteiger partial charge in [0.25, 0.3) is 0 Å². The summed E-state index contributed by atoms with van der Waals surface area (Å²) >= 11 is 0. The fourth-order valence-corrected chi connectivity index (χ4v) is 2.98. The van der Waals surface area contributed by atoms with Crippen molar-refractivity contribution >= 4 is 22.8 Å². The third kappa shape index (κ3) is 3.68. The van der Waals surface area contributed by atoms with E-state index in [2.05, 4.69) is 25.8 Å². The van der Waals surface area contributed by atoms with Gasteiger partial charge in [-0.1, -0.05) is 30.3 Å². The van der Waals surface area contributed by atoms with Gasteiger partial charge in [0.05, 0.1) is 11.6 Å². The Hall–Kier alpha value is -3.74. The van der Waals surface area contributed by atoms with Gasteiger partial charge in [-0.2, -0.15) is 5.10 Å². The zero-order chi connectivity index (χ0) is 19.5. The molecule has 4 aromatic rings. The van der Waals surface area contributed by atoms with Crippen LogP contribution in [0.4, 0.5) is 15.0 Å². The first-order valence-electron chi connectivity index (χ1n) is 8.82. The predicted molar refractivity (Wildman–Crippen MR) is 106 cm³/mol. The van der Waals surface area contributed by atoms with Crippen LogP contribution in [-0.4, -0.2) is 21.2 Å². The molecule has 6 nitrogen and oxygen atoms in total. The highest BCUT2D eigenvalue weighted by molar-refractivity contribution is 5.95. The van der Waals surface area contributed by atoms with Gasteiger partial charge in [-0.15, -0.1) is 0 Å². The number of fused-ring (bicyclic) bond motifs is 1. The van der Waals surface area contributed by atoms with E-state index < -0.39 is 0 Å². The lowest BCUT2D eigenvalue weighted by Gasteiger charge is -2.14. The van der Waals surface area contributed by atoms with Crippen molar-refractivity contribution in [1.29, 1.82) is 0 Å². The molecule has 0 aliphatic carbocycles. The van der Waals surface area contributed by atoms with Crippen molar-refractivity contribution in [2.75, 3.05) is 5.32 Å². The van der Waals surface area contributed by atoms with Crippen LogP contribution in [0.5, 0.6) is 0 Å². The number of aromatic amines is 1. The van der Waals surface area contributed by atoms with Crippen molar-refractivity contribution < 1.29 is 9.18 Å². The van der Waals surface area contributed by atoms with Crippen molar-refractivity contribution in [1.82, 2.24) is 20.5 Å². The lowest BCUT2D eigenvalue weighted by Crippen LogP contribution is -2.31. The van der Waals surface area contributed by atoms with Gasteiger partial charge in [0.15, 0.2) is 0 Å². The Labute approximate surface area is 160 Å². The highest BCUT2D eigenvalue weighted by Crippen LogP contribution is 2.27. The SMILES string of the molecule is CC(NC(=O)Nc1cc2[nH]nc(-c3ccc(F)cc3)c2cn1)c1ccccc1. The average molecular weight is 375 g/mol. The number of hydrogen-bond acceptors (Lipinski definition) is 3. The molecule has 0 aliphatic heterocycles. The van der Waals surface area contributed by atoms with Gasteiger partial charge in [-0.05, 0) is 36.8 Å². The fourth-order valence-electron chi connectivity index (χ4n) is 2.98. The number of benzene rings is 2. The molecule has 3 N–H and O–H groups in total. The topological polar surface area (TPSA) is 82.7 Å².